The molecule has 0 spiro atoms. The predicted molar refractivity (Wildman–Crippen MR) is 57.5 cm³/mol. The first-order chi connectivity index (χ1) is 7.54. The molecule has 0 radical (unpaired) electrons. The van der Waals surface area contributed by atoms with Gasteiger partial charge in [0.2, 0.25) is 0 Å². The largest absolute Gasteiger partial charge is 0.478 e. The molecule has 0 aromatic heterocycles. The van der Waals surface area contributed by atoms with Crippen molar-refractivity contribution >= 4 is 11.9 Å². The molecule has 0 aliphatic carbocycles. The molecule has 0 aliphatic rings. The maximum Gasteiger partial charge on any atom is 0.339 e. The van der Waals surface area contributed by atoms with E-state index >= 15 is 0 Å². The number of benzene rings is 1. The fraction of sp³-hybridized carbons (Fsp3) is 0.273. The molecule has 1 aromatic carbocycles. The van der Waals surface area contributed by atoms with E-state index in [-0.39, 0.29) is 11.3 Å². The number of aromatic carboxylic acids is 1. The molecular weight excluding hydrogens is 210 g/mol. The molecule has 0 atom stereocenters. The van der Waals surface area contributed by atoms with Crippen LogP contribution < -0.4 is 10.5 Å². The number of rotatable bonds is 4. The normalized spacial score (nSPS) is 9.88. The highest BCUT2D eigenvalue weighted by atomic mass is 16.5. The number of ether oxygens (including phenoxy) is 1. The summed E-state index contributed by atoms with van der Waals surface area (Å²) in [5.74, 6) is -1.62. The molecule has 0 heterocycles. The first-order valence-electron chi connectivity index (χ1n) is 4.79. The summed E-state index contributed by atoms with van der Waals surface area (Å²) >= 11 is 0. The lowest BCUT2D eigenvalue weighted by Crippen LogP contribution is -2.09. The molecule has 0 fully saturated rings. The van der Waals surface area contributed by atoms with Crippen LogP contribution in [0.25, 0.3) is 0 Å². The molecule has 3 N–H and O–H groups in total. The SMILES string of the molecule is CC(=O)Oc1cc(CCN)ccc1C(=O)O. The highest BCUT2D eigenvalue weighted by Gasteiger charge is 2.13. The Balaban J connectivity index is 3.10. The molecule has 1 aromatic rings. The molecule has 0 aliphatic heterocycles. The number of carbonyl (C=O) groups is 2. The van der Waals surface area contributed by atoms with Crippen LogP contribution in [0.5, 0.6) is 5.75 Å². The van der Waals surface area contributed by atoms with Crippen LogP contribution in [-0.2, 0) is 11.2 Å². The van der Waals surface area contributed by atoms with E-state index in [1.165, 1.54) is 19.1 Å². The predicted octanol–water partition coefficient (Wildman–Crippen LogP) is 0.811. The fourth-order valence-electron chi connectivity index (χ4n) is 1.30. The summed E-state index contributed by atoms with van der Waals surface area (Å²) in [6.07, 6.45) is 0.605. The number of carboxylic acids is 1. The van der Waals surface area contributed by atoms with E-state index in [2.05, 4.69) is 0 Å². The monoisotopic (exact) mass is 223 g/mol. The van der Waals surface area contributed by atoms with Gasteiger partial charge in [-0.2, -0.15) is 0 Å². The first kappa shape index (κ1) is 12.2. The lowest BCUT2D eigenvalue weighted by Gasteiger charge is -2.07. The van der Waals surface area contributed by atoms with Gasteiger partial charge in [0, 0.05) is 6.92 Å². The van der Waals surface area contributed by atoms with Crippen molar-refractivity contribution < 1.29 is 19.4 Å². The van der Waals surface area contributed by atoms with Crippen molar-refractivity contribution in [2.24, 2.45) is 5.73 Å². The average Bonchev–Trinajstić information content (AvgIpc) is 2.16. The topological polar surface area (TPSA) is 89.6 Å². The molecule has 1 rings (SSSR count). The Labute approximate surface area is 92.8 Å². The van der Waals surface area contributed by atoms with Gasteiger partial charge in [0.05, 0.1) is 0 Å². The van der Waals surface area contributed by atoms with Crippen LogP contribution in [0.1, 0.15) is 22.8 Å². The van der Waals surface area contributed by atoms with E-state index in [4.69, 9.17) is 15.6 Å². The van der Waals surface area contributed by atoms with Crippen LogP contribution in [0.15, 0.2) is 18.2 Å². The Hall–Kier alpha value is -1.88. The summed E-state index contributed by atoms with van der Waals surface area (Å²) in [5, 5.41) is 8.88. The summed E-state index contributed by atoms with van der Waals surface area (Å²) in [5.41, 5.74) is 6.19. The zero-order valence-corrected chi connectivity index (χ0v) is 8.90. The van der Waals surface area contributed by atoms with E-state index in [1.54, 1.807) is 6.07 Å². The van der Waals surface area contributed by atoms with Gasteiger partial charge in [0.1, 0.15) is 11.3 Å². The van der Waals surface area contributed by atoms with Crippen LogP contribution in [0.4, 0.5) is 0 Å². The highest BCUT2D eigenvalue weighted by Crippen LogP contribution is 2.21. The lowest BCUT2D eigenvalue weighted by molar-refractivity contribution is -0.131. The Morgan fingerprint density at radius 1 is 1.44 bits per heavy atom. The summed E-state index contributed by atoms with van der Waals surface area (Å²) in [7, 11) is 0. The molecule has 5 heteroatoms. The molecule has 0 unspecified atom stereocenters. The van der Waals surface area contributed by atoms with Crippen molar-refractivity contribution in [1.29, 1.82) is 0 Å². The number of esters is 1. The molecule has 16 heavy (non-hydrogen) atoms. The number of hydrogen-bond acceptors (Lipinski definition) is 4. The van der Waals surface area contributed by atoms with Crippen molar-refractivity contribution in [3.63, 3.8) is 0 Å². The Morgan fingerprint density at radius 3 is 2.62 bits per heavy atom. The van der Waals surface area contributed by atoms with Crippen LogP contribution in [0.3, 0.4) is 0 Å². The van der Waals surface area contributed by atoms with Gasteiger partial charge in [-0.15, -0.1) is 0 Å². The zero-order valence-electron chi connectivity index (χ0n) is 8.90. The lowest BCUT2D eigenvalue weighted by atomic mass is 10.1. The van der Waals surface area contributed by atoms with Gasteiger partial charge in [-0.3, -0.25) is 4.79 Å². The van der Waals surface area contributed by atoms with Gasteiger partial charge in [0.15, 0.2) is 0 Å². The Morgan fingerprint density at radius 2 is 2.12 bits per heavy atom. The van der Waals surface area contributed by atoms with Crippen molar-refractivity contribution in [3.8, 4) is 5.75 Å². The molecule has 5 nitrogen and oxygen atoms in total. The summed E-state index contributed by atoms with van der Waals surface area (Å²) in [4.78, 5) is 21.7. The third kappa shape index (κ3) is 3.06. The quantitative estimate of drug-likeness (QED) is 0.582. The van der Waals surface area contributed by atoms with Crippen molar-refractivity contribution in [2.45, 2.75) is 13.3 Å². The van der Waals surface area contributed by atoms with Crippen LogP contribution in [-0.4, -0.2) is 23.6 Å². The van der Waals surface area contributed by atoms with E-state index in [0.29, 0.717) is 13.0 Å². The second kappa shape index (κ2) is 5.27. The van der Waals surface area contributed by atoms with Gasteiger partial charge in [-0.25, -0.2) is 4.79 Å². The van der Waals surface area contributed by atoms with Crippen molar-refractivity contribution in [1.82, 2.24) is 0 Å². The summed E-state index contributed by atoms with van der Waals surface area (Å²) < 4.78 is 4.83. The minimum Gasteiger partial charge on any atom is -0.478 e. The number of carboxylic acid groups (broad SMARTS) is 1. The number of carbonyl (C=O) groups excluding carboxylic acids is 1. The van der Waals surface area contributed by atoms with E-state index in [0.717, 1.165) is 5.56 Å². The van der Waals surface area contributed by atoms with Crippen LogP contribution >= 0.6 is 0 Å². The number of nitrogens with two attached hydrogens (primary N) is 1. The summed E-state index contributed by atoms with van der Waals surface area (Å²) in [6, 6.07) is 4.59. The second-order valence-electron chi connectivity index (χ2n) is 3.27. The molecular formula is C11H13NO4. The second-order valence-corrected chi connectivity index (χ2v) is 3.27. The minimum atomic E-state index is -1.13. The minimum absolute atomic E-state index is 0.0315. The van der Waals surface area contributed by atoms with Gasteiger partial charge < -0.3 is 15.6 Å². The Bertz CT molecular complexity index is 414. The molecule has 0 saturated heterocycles. The van der Waals surface area contributed by atoms with Crippen LogP contribution in [0.2, 0.25) is 0 Å². The van der Waals surface area contributed by atoms with Crippen molar-refractivity contribution in [2.75, 3.05) is 6.54 Å². The maximum atomic E-state index is 10.9. The van der Waals surface area contributed by atoms with Gasteiger partial charge >= 0.3 is 11.9 Å². The van der Waals surface area contributed by atoms with Crippen molar-refractivity contribution in [3.05, 3.63) is 29.3 Å². The van der Waals surface area contributed by atoms with Gasteiger partial charge in [-0.05, 0) is 30.7 Å². The third-order valence-corrected chi connectivity index (χ3v) is 1.96. The Kier molecular flexibility index (Phi) is 4.02. The van der Waals surface area contributed by atoms with Gasteiger partial charge in [-0.1, -0.05) is 6.07 Å². The fourth-order valence-corrected chi connectivity index (χ4v) is 1.30. The average molecular weight is 223 g/mol. The molecule has 0 bridgehead atoms. The maximum absolute atomic E-state index is 10.9. The smallest absolute Gasteiger partial charge is 0.339 e. The van der Waals surface area contributed by atoms with E-state index in [1.807, 2.05) is 0 Å². The standard InChI is InChI=1S/C11H13NO4/c1-7(13)16-10-6-8(4-5-12)2-3-9(10)11(14)15/h2-3,6H,4-5,12H2,1H3,(H,14,15). The first-order valence-corrected chi connectivity index (χ1v) is 4.79. The third-order valence-electron chi connectivity index (χ3n) is 1.96. The van der Waals surface area contributed by atoms with E-state index in [9.17, 15) is 9.59 Å². The molecule has 86 valence electrons. The van der Waals surface area contributed by atoms with Gasteiger partial charge in [0.25, 0.3) is 0 Å². The van der Waals surface area contributed by atoms with Crippen LogP contribution in [0, 0.1) is 0 Å². The number of hydrogen-bond donors (Lipinski definition) is 2. The highest BCUT2D eigenvalue weighted by molar-refractivity contribution is 5.92. The molecule has 0 amide bonds. The molecule has 0 saturated carbocycles. The van der Waals surface area contributed by atoms with E-state index < -0.39 is 11.9 Å². The zero-order chi connectivity index (χ0) is 12.1. The summed E-state index contributed by atoms with van der Waals surface area (Å²) in [6.45, 7) is 1.67.